The lowest BCUT2D eigenvalue weighted by Crippen LogP contribution is -2.43. The van der Waals surface area contributed by atoms with Gasteiger partial charge in [0.05, 0.1) is 17.5 Å². The maximum atomic E-state index is 13.0. The highest BCUT2D eigenvalue weighted by Gasteiger charge is 2.47. The molecule has 1 N–H and O–H groups in total. The Kier molecular flexibility index (Phi) is 7.03. The Bertz CT molecular complexity index is 1190. The van der Waals surface area contributed by atoms with Crippen LogP contribution in [-0.4, -0.2) is 67.6 Å². The summed E-state index contributed by atoms with van der Waals surface area (Å²) in [5.74, 6) is 0. The second kappa shape index (κ2) is 9.74. The molecule has 0 bridgehead atoms. The van der Waals surface area contributed by atoms with Crippen LogP contribution in [0.2, 0.25) is 0 Å². The fourth-order valence-electron chi connectivity index (χ4n) is 4.04. The van der Waals surface area contributed by atoms with E-state index in [1.165, 1.54) is 4.90 Å². The first-order valence-electron chi connectivity index (χ1n) is 11.9. The Balaban J connectivity index is 1.51. The van der Waals surface area contributed by atoms with Crippen molar-refractivity contribution >= 4 is 28.5 Å². The van der Waals surface area contributed by atoms with Gasteiger partial charge in [0.15, 0.2) is 11.1 Å². The number of carbonyl (C=O) groups is 2. The molecular formula is C26H33N3O6S. The van der Waals surface area contributed by atoms with Crippen molar-refractivity contribution in [2.24, 2.45) is 0 Å². The summed E-state index contributed by atoms with van der Waals surface area (Å²) in [6.45, 7) is 10.5. The third-order valence-corrected chi connectivity index (χ3v) is 6.65. The lowest BCUT2D eigenvalue weighted by atomic mass is 10.00. The molecule has 9 nitrogen and oxygen atoms in total. The van der Waals surface area contributed by atoms with Crippen LogP contribution in [0.25, 0.3) is 15.4 Å². The molecule has 3 atom stereocenters. The summed E-state index contributed by atoms with van der Waals surface area (Å²) in [7, 11) is 0. The number of likely N-dealkylation sites (tertiary alicyclic amines) is 1. The molecule has 0 aliphatic carbocycles. The smallest absolute Gasteiger partial charge is 0.444 e. The first-order chi connectivity index (χ1) is 16.8. The molecule has 1 amide bonds. The topological polar surface area (TPSA) is 103 Å². The number of nitrogens with zero attached hydrogens (tertiary/aromatic N) is 3. The Morgan fingerprint density at radius 3 is 2.36 bits per heavy atom. The molecule has 4 rings (SSSR count). The molecule has 1 fully saturated rings. The van der Waals surface area contributed by atoms with Crippen molar-refractivity contribution in [2.75, 3.05) is 6.54 Å². The van der Waals surface area contributed by atoms with Gasteiger partial charge in [0.1, 0.15) is 17.3 Å². The third-order valence-electron chi connectivity index (χ3n) is 5.59. The van der Waals surface area contributed by atoms with E-state index in [0.717, 1.165) is 21.0 Å². The van der Waals surface area contributed by atoms with Gasteiger partial charge in [-0.3, -0.25) is 9.30 Å². The second-order valence-electron chi connectivity index (χ2n) is 10.9. The molecule has 3 heterocycles. The van der Waals surface area contributed by atoms with Crippen molar-refractivity contribution in [3.05, 3.63) is 48.4 Å². The predicted molar refractivity (Wildman–Crippen MR) is 136 cm³/mol. The van der Waals surface area contributed by atoms with Crippen molar-refractivity contribution in [3.8, 4) is 10.4 Å². The van der Waals surface area contributed by atoms with Gasteiger partial charge < -0.3 is 19.3 Å². The van der Waals surface area contributed by atoms with Crippen LogP contribution in [0.15, 0.2) is 42.9 Å². The van der Waals surface area contributed by atoms with E-state index in [4.69, 9.17) is 14.2 Å². The minimum Gasteiger partial charge on any atom is -0.444 e. The van der Waals surface area contributed by atoms with E-state index in [2.05, 4.69) is 4.98 Å². The number of aliphatic hydroxyl groups is 1. The fraction of sp³-hybridized carbons (Fsp3) is 0.500. The Morgan fingerprint density at radius 1 is 1.08 bits per heavy atom. The predicted octanol–water partition coefficient (Wildman–Crippen LogP) is 4.91. The van der Waals surface area contributed by atoms with E-state index in [1.807, 2.05) is 41.1 Å². The maximum Gasteiger partial charge on any atom is 0.509 e. The number of benzene rings is 1. The molecule has 194 valence electrons. The Labute approximate surface area is 214 Å². The molecule has 1 aromatic carbocycles. The van der Waals surface area contributed by atoms with Gasteiger partial charge in [-0.25, -0.2) is 14.6 Å². The highest BCUT2D eigenvalue weighted by atomic mass is 32.1. The molecule has 0 unspecified atom stereocenters. The van der Waals surface area contributed by atoms with Crippen LogP contribution in [0.4, 0.5) is 9.59 Å². The second-order valence-corrected chi connectivity index (χ2v) is 11.9. The standard InChI is InChI=1S/C26H33N3O6S/c1-25(2,3)34-23(31)29-14-19(33-24(32)35-26(4,5)6)21(30)18(29)13-16-7-9-17(10-8-16)20-15-28-12-11-27-22(28)36-20/h7-12,15,18-19,21,30H,13-14H2,1-6H3/t18-,19+,21+/m1/s1. The first kappa shape index (κ1) is 26.0. The van der Waals surface area contributed by atoms with E-state index >= 15 is 0 Å². The number of carbonyl (C=O) groups excluding carboxylic acids is 2. The minimum atomic E-state index is -1.10. The number of aromatic nitrogens is 2. The van der Waals surface area contributed by atoms with Gasteiger partial charge >= 0.3 is 12.2 Å². The summed E-state index contributed by atoms with van der Waals surface area (Å²) in [6.07, 6.45) is 2.58. The third kappa shape index (κ3) is 6.17. The van der Waals surface area contributed by atoms with Crippen LogP contribution in [0.1, 0.15) is 47.1 Å². The van der Waals surface area contributed by atoms with Crippen LogP contribution >= 0.6 is 11.3 Å². The number of ether oxygens (including phenoxy) is 3. The van der Waals surface area contributed by atoms with Gasteiger partial charge in [0.25, 0.3) is 0 Å². The monoisotopic (exact) mass is 515 g/mol. The number of fused-ring (bicyclic) bond motifs is 1. The summed E-state index contributed by atoms with van der Waals surface area (Å²) >= 11 is 1.60. The SMILES string of the molecule is CC(C)(C)OC(=O)O[C@H]1CN(C(=O)OC(C)(C)C)[C@H](Cc2ccc(-c3cn4ccnc4s3)cc2)[C@@H]1O. The maximum absolute atomic E-state index is 13.0. The van der Waals surface area contributed by atoms with Gasteiger partial charge in [-0.15, -0.1) is 0 Å². The molecule has 1 saturated heterocycles. The molecular weight excluding hydrogens is 482 g/mol. The first-order valence-corrected chi connectivity index (χ1v) is 12.7. The molecule has 1 aliphatic heterocycles. The summed E-state index contributed by atoms with van der Waals surface area (Å²) < 4.78 is 18.2. The molecule has 1 aliphatic rings. The van der Waals surface area contributed by atoms with Crippen LogP contribution in [0.5, 0.6) is 0 Å². The van der Waals surface area contributed by atoms with E-state index < -0.39 is 41.7 Å². The van der Waals surface area contributed by atoms with Gasteiger partial charge in [-0.2, -0.15) is 0 Å². The summed E-state index contributed by atoms with van der Waals surface area (Å²) in [4.78, 5) is 33.0. The number of thiazole rings is 1. The molecule has 36 heavy (non-hydrogen) atoms. The van der Waals surface area contributed by atoms with Gasteiger partial charge in [-0.1, -0.05) is 35.6 Å². The van der Waals surface area contributed by atoms with Crippen molar-refractivity contribution < 1.29 is 28.9 Å². The minimum absolute atomic E-state index is 0.00701. The zero-order valence-electron chi connectivity index (χ0n) is 21.4. The molecule has 0 radical (unpaired) electrons. The number of hydrogen-bond donors (Lipinski definition) is 1. The summed E-state index contributed by atoms with van der Waals surface area (Å²) in [6, 6.07) is 7.32. The van der Waals surface area contributed by atoms with Crippen molar-refractivity contribution in [2.45, 2.75) is 77.4 Å². The number of aliphatic hydroxyl groups excluding tert-OH is 1. The Morgan fingerprint density at radius 2 is 1.75 bits per heavy atom. The molecule has 10 heteroatoms. The van der Waals surface area contributed by atoms with Crippen molar-refractivity contribution in [1.29, 1.82) is 0 Å². The summed E-state index contributed by atoms with van der Waals surface area (Å²) in [5.41, 5.74) is 0.531. The van der Waals surface area contributed by atoms with Crippen LogP contribution in [0.3, 0.4) is 0 Å². The lowest BCUT2D eigenvalue weighted by Gasteiger charge is -2.29. The molecule has 3 aromatic rings. The zero-order valence-corrected chi connectivity index (χ0v) is 22.2. The van der Waals surface area contributed by atoms with E-state index in [9.17, 15) is 14.7 Å². The number of imidazole rings is 1. The van der Waals surface area contributed by atoms with Crippen LogP contribution in [-0.2, 0) is 20.6 Å². The molecule has 2 aromatic heterocycles. The van der Waals surface area contributed by atoms with Gasteiger partial charge in [0, 0.05) is 18.6 Å². The zero-order chi connectivity index (χ0) is 26.3. The van der Waals surface area contributed by atoms with E-state index in [0.29, 0.717) is 6.42 Å². The van der Waals surface area contributed by atoms with Crippen LogP contribution < -0.4 is 0 Å². The highest BCUT2D eigenvalue weighted by Crippen LogP contribution is 2.30. The van der Waals surface area contributed by atoms with Gasteiger partial charge in [-0.05, 0) is 59.1 Å². The highest BCUT2D eigenvalue weighted by molar-refractivity contribution is 7.20. The molecule has 0 spiro atoms. The fourth-order valence-corrected chi connectivity index (χ4v) is 4.99. The number of amides is 1. The van der Waals surface area contributed by atoms with E-state index in [-0.39, 0.29) is 6.54 Å². The lowest BCUT2D eigenvalue weighted by molar-refractivity contribution is -0.0486. The average Bonchev–Trinajstić information content (AvgIpc) is 3.42. The van der Waals surface area contributed by atoms with Crippen molar-refractivity contribution in [3.63, 3.8) is 0 Å². The average molecular weight is 516 g/mol. The van der Waals surface area contributed by atoms with E-state index in [1.54, 1.807) is 59.1 Å². The summed E-state index contributed by atoms with van der Waals surface area (Å²) in [5, 5.41) is 11.1. The number of rotatable bonds is 4. The van der Waals surface area contributed by atoms with Crippen LogP contribution in [0, 0.1) is 0 Å². The quantitative estimate of drug-likeness (QED) is 0.493. The van der Waals surface area contributed by atoms with Gasteiger partial charge in [0.2, 0.25) is 0 Å². The Hall–Kier alpha value is -3.11. The van der Waals surface area contributed by atoms with Crippen molar-refractivity contribution in [1.82, 2.24) is 14.3 Å². The number of hydrogen-bond acceptors (Lipinski definition) is 8. The largest absolute Gasteiger partial charge is 0.509 e. The molecule has 0 saturated carbocycles. The normalized spacial score (nSPS) is 20.5.